The summed E-state index contributed by atoms with van der Waals surface area (Å²) in [5.74, 6) is -0.151. The molecule has 1 amide bonds. The Bertz CT molecular complexity index is 626. The topological polar surface area (TPSA) is 86.5 Å². The van der Waals surface area contributed by atoms with E-state index in [9.17, 15) is 13.2 Å². The fourth-order valence-electron chi connectivity index (χ4n) is 1.74. The normalized spacial score (nSPS) is 13.3. The molecular weight excluding hydrogens is 302 g/mol. The molecule has 0 aliphatic heterocycles. The predicted molar refractivity (Wildman–Crippen MR) is 77.6 cm³/mol. The lowest BCUT2D eigenvalue weighted by Gasteiger charge is -2.19. The van der Waals surface area contributed by atoms with Gasteiger partial charge in [0.15, 0.2) is 6.10 Å². The monoisotopic (exact) mass is 319 g/mol. The van der Waals surface area contributed by atoms with Gasteiger partial charge in [0.05, 0.1) is 4.90 Å². The van der Waals surface area contributed by atoms with E-state index >= 15 is 0 Å². The number of halogens is 1. The van der Waals surface area contributed by atoms with Gasteiger partial charge in [-0.25, -0.2) is 8.42 Å². The molecule has 0 fully saturated rings. The Morgan fingerprint density at radius 1 is 1.30 bits per heavy atom. The zero-order valence-corrected chi connectivity index (χ0v) is 13.4. The molecule has 0 radical (unpaired) electrons. The highest BCUT2D eigenvalue weighted by atomic mass is 35.7. The van der Waals surface area contributed by atoms with Crippen LogP contribution in [0.2, 0.25) is 0 Å². The number of ether oxygens (including phenoxy) is 1. The maximum Gasteiger partial charge on any atom is 0.261 e. The highest BCUT2D eigenvalue weighted by Crippen LogP contribution is 2.33. The number of hydrogen-bond donors (Lipinski definition) is 1. The molecule has 1 unspecified atom stereocenters. The Hall–Kier alpha value is -1.27. The van der Waals surface area contributed by atoms with Gasteiger partial charge in [-0.05, 0) is 43.0 Å². The number of nitrogens with two attached hydrogens (primary N) is 1. The van der Waals surface area contributed by atoms with Gasteiger partial charge in [0.25, 0.3) is 15.0 Å². The molecule has 0 aliphatic rings. The number of carbonyl (C=O) groups is 1. The molecule has 0 heterocycles. The third-order valence-electron chi connectivity index (χ3n) is 2.90. The van der Waals surface area contributed by atoms with E-state index in [0.717, 1.165) is 0 Å². The Labute approximate surface area is 123 Å². The van der Waals surface area contributed by atoms with Crippen molar-refractivity contribution >= 4 is 25.6 Å². The lowest BCUT2D eigenvalue weighted by atomic mass is 10.0. The van der Waals surface area contributed by atoms with Gasteiger partial charge in [-0.15, -0.1) is 0 Å². The van der Waals surface area contributed by atoms with Crippen LogP contribution in [-0.4, -0.2) is 20.4 Å². The van der Waals surface area contributed by atoms with Crippen LogP contribution >= 0.6 is 10.7 Å². The maximum atomic E-state index is 11.5. The number of primary amides is 1. The molecule has 5 nitrogen and oxygen atoms in total. The third kappa shape index (κ3) is 3.86. The molecule has 1 atom stereocenters. The van der Waals surface area contributed by atoms with Crippen molar-refractivity contribution in [2.75, 3.05) is 0 Å². The van der Waals surface area contributed by atoms with Crippen LogP contribution < -0.4 is 10.5 Å². The van der Waals surface area contributed by atoms with Crippen LogP contribution in [0.4, 0.5) is 0 Å². The van der Waals surface area contributed by atoms with Crippen molar-refractivity contribution in [2.45, 2.75) is 44.6 Å². The lowest BCUT2D eigenvalue weighted by Crippen LogP contribution is -2.31. The molecule has 0 spiro atoms. The minimum atomic E-state index is -3.83. The van der Waals surface area contributed by atoms with E-state index in [4.69, 9.17) is 21.2 Å². The number of hydrogen-bond acceptors (Lipinski definition) is 4. The smallest absolute Gasteiger partial charge is 0.261 e. The van der Waals surface area contributed by atoms with Crippen LogP contribution in [0.25, 0.3) is 0 Å². The standard InChI is InChI=1S/C13H18ClNO4S/c1-7(2)10-6-12(20(14,17)18)8(3)5-11(10)19-9(4)13(15)16/h5-7,9H,1-4H3,(H2,15,16). The Morgan fingerprint density at radius 3 is 2.25 bits per heavy atom. The second-order valence-electron chi connectivity index (χ2n) is 4.91. The van der Waals surface area contributed by atoms with Crippen molar-refractivity contribution in [3.8, 4) is 5.75 Å². The largest absolute Gasteiger partial charge is 0.481 e. The number of amides is 1. The molecule has 1 aromatic carbocycles. The molecule has 0 saturated carbocycles. The Kier molecular flexibility index (Phi) is 5.05. The fourth-order valence-corrected chi connectivity index (χ4v) is 2.95. The second-order valence-corrected chi connectivity index (χ2v) is 7.44. The zero-order valence-electron chi connectivity index (χ0n) is 11.8. The quantitative estimate of drug-likeness (QED) is 0.844. The van der Waals surface area contributed by atoms with E-state index in [1.54, 1.807) is 13.0 Å². The highest BCUT2D eigenvalue weighted by Gasteiger charge is 2.21. The first-order chi connectivity index (χ1) is 9.04. The number of benzene rings is 1. The summed E-state index contributed by atoms with van der Waals surface area (Å²) in [6, 6.07) is 3.04. The van der Waals surface area contributed by atoms with E-state index in [2.05, 4.69) is 0 Å². The van der Waals surface area contributed by atoms with Gasteiger partial charge in [-0.3, -0.25) is 4.79 Å². The summed E-state index contributed by atoms with van der Waals surface area (Å²) in [4.78, 5) is 11.1. The van der Waals surface area contributed by atoms with Crippen LogP contribution in [-0.2, 0) is 13.8 Å². The van der Waals surface area contributed by atoms with Crippen molar-refractivity contribution in [3.63, 3.8) is 0 Å². The van der Waals surface area contributed by atoms with Crippen LogP contribution in [0.3, 0.4) is 0 Å². The third-order valence-corrected chi connectivity index (χ3v) is 4.36. The minimum Gasteiger partial charge on any atom is -0.481 e. The Morgan fingerprint density at radius 2 is 1.85 bits per heavy atom. The number of carbonyl (C=O) groups excluding carboxylic acids is 1. The van der Waals surface area contributed by atoms with Gasteiger partial charge in [-0.2, -0.15) is 0 Å². The van der Waals surface area contributed by atoms with Crippen LogP contribution in [0.1, 0.15) is 37.8 Å². The SMILES string of the molecule is Cc1cc(OC(C)C(N)=O)c(C(C)C)cc1S(=O)(=O)Cl. The van der Waals surface area contributed by atoms with E-state index < -0.39 is 21.1 Å². The highest BCUT2D eigenvalue weighted by molar-refractivity contribution is 8.13. The van der Waals surface area contributed by atoms with Crippen molar-refractivity contribution in [1.29, 1.82) is 0 Å². The first kappa shape index (κ1) is 16.8. The summed E-state index contributed by atoms with van der Waals surface area (Å²) < 4.78 is 28.5. The number of rotatable bonds is 5. The van der Waals surface area contributed by atoms with E-state index in [1.165, 1.54) is 13.0 Å². The van der Waals surface area contributed by atoms with Crippen molar-refractivity contribution in [1.82, 2.24) is 0 Å². The first-order valence-electron chi connectivity index (χ1n) is 6.09. The number of aryl methyl sites for hydroxylation is 1. The summed E-state index contributed by atoms with van der Waals surface area (Å²) in [5.41, 5.74) is 6.28. The molecule has 0 aromatic heterocycles. The molecule has 20 heavy (non-hydrogen) atoms. The lowest BCUT2D eigenvalue weighted by molar-refractivity contribution is -0.124. The minimum absolute atomic E-state index is 0.00263. The van der Waals surface area contributed by atoms with Gasteiger partial charge in [0, 0.05) is 10.7 Å². The van der Waals surface area contributed by atoms with Crippen molar-refractivity contribution < 1.29 is 17.9 Å². The van der Waals surface area contributed by atoms with Crippen LogP contribution in [0.15, 0.2) is 17.0 Å². The van der Waals surface area contributed by atoms with Gasteiger partial charge >= 0.3 is 0 Å². The fraction of sp³-hybridized carbons (Fsp3) is 0.462. The van der Waals surface area contributed by atoms with Crippen LogP contribution in [0, 0.1) is 6.92 Å². The molecule has 1 rings (SSSR count). The van der Waals surface area contributed by atoms with Gasteiger partial charge in [-0.1, -0.05) is 13.8 Å². The average Bonchev–Trinajstić information content (AvgIpc) is 2.26. The molecule has 2 N–H and O–H groups in total. The first-order valence-corrected chi connectivity index (χ1v) is 8.40. The molecule has 112 valence electrons. The summed E-state index contributed by atoms with van der Waals surface area (Å²) in [6.45, 7) is 6.92. The van der Waals surface area contributed by atoms with E-state index in [-0.39, 0.29) is 10.8 Å². The van der Waals surface area contributed by atoms with Crippen LogP contribution in [0.5, 0.6) is 5.75 Å². The second kappa shape index (κ2) is 6.01. The van der Waals surface area contributed by atoms with Gasteiger partial charge in [0.1, 0.15) is 5.75 Å². The van der Waals surface area contributed by atoms with E-state index in [1.807, 2.05) is 13.8 Å². The van der Waals surface area contributed by atoms with E-state index in [0.29, 0.717) is 16.9 Å². The zero-order chi connectivity index (χ0) is 15.7. The molecule has 7 heteroatoms. The summed E-state index contributed by atoms with van der Waals surface area (Å²) in [6.07, 6.45) is -0.801. The summed E-state index contributed by atoms with van der Waals surface area (Å²) in [7, 11) is 1.58. The molecule has 1 aromatic rings. The molecule has 0 aliphatic carbocycles. The van der Waals surface area contributed by atoms with Crippen molar-refractivity contribution in [2.24, 2.45) is 5.73 Å². The maximum absolute atomic E-state index is 11.5. The van der Waals surface area contributed by atoms with Crippen molar-refractivity contribution in [3.05, 3.63) is 23.3 Å². The Balaban J connectivity index is 3.39. The molecule has 0 bridgehead atoms. The summed E-state index contributed by atoms with van der Waals surface area (Å²) >= 11 is 0. The predicted octanol–water partition coefficient (Wildman–Crippen LogP) is 2.30. The summed E-state index contributed by atoms with van der Waals surface area (Å²) in [5, 5.41) is 0. The average molecular weight is 320 g/mol. The van der Waals surface area contributed by atoms with Gasteiger partial charge in [0.2, 0.25) is 0 Å². The van der Waals surface area contributed by atoms with Gasteiger partial charge < -0.3 is 10.5 Å². The molecular formula is C13H18ClNO4S. The molecule has 0 saturated heterocycles.